The van der Waals surface area contributed by atoms with Crippen LogP contribution in [0, 0.1) is 5.41 Å². The van der Waals surface area contributed by atoms with E-state index in [1.165, 1.54) is 37.8 Å². The van der Waals surface area contributed by atoms with Crippen LogP contribution >= 0.6 is 11.6 Å². The molecule has 0 unspecified atom stereocenters. The zero-order valence-corrected chi connectivity index (χ0v) is 10.3. The maximum absolute atomic E-state index is 5.95. The van der Waals surface area contributed by atoms with Crippen molar-refractivity contribution in [1.82, 2.24) is 5.32 Å². The Balaban J connectivity index is 1.91. The molecule has 16 heavy (non-hydrogen) atoms. The second kappa shape index (κ2) is 4.05. The van der Waals surface area contributed by atoms with E-state index >= 15 is 0 Å². The van der Waals surface area contributed by atoms with E-state index in [9.17, 15) is 0 Å². The van der Waals surface area contributed by atoms with Crippen LogP contribution < -0.4 is 5.32 Å². The Morgan fingerprint density at radius 1 is 1.12 bits per heavy atom. The summed E-state index contributed by atoms with van der Waals surface area (Å²) < 4.78 is 0. The van der Waals surface area contributed by atoms with Gasteiger partial charge in [-0.3, -0.25) is 0 Å². The molecule has 1 aromatic rings. The highest BCUT2D eigenvalue weighted by molar-refractivity contribution is 6.30. The lowest BCUT2D eigenvalue weighted by molar-refractivity contribution is 0.295. The number of benzene rings is 1. The molecule has 1 atom stereocenters. The Bertz CT molecular complexity index is 359. The average molecular weight is 236 g/mol. The van der Waals surface area contributed by atoms with E-state index in [0.29, 0.717) is 11.3 Å². The molecule has 2 fully saturated rings. The molecule has 0 radical (unpaired) electrons. The minimum Gasteiger partial charge on any atom is -0.316 e. The number of hydrogen-bond acceptors (Lipinski definition) is 1. The van der Waals surface area contributed by atoms with Crippen molar-refractivity contribution in [2.75, 3.05) is 13.1 Å². The average Bonchev–Trinajstić information content (AvgIpc) is 2.91. The fourth-order valence-electron chi connectivity index (χ4n) is 3.58. The maximum atomic E-state index is 5.95. The second-order valence-corrected chi connectivity index (χ2v) is 5.74. The monoisotopic (exact) mass is 235 g/mol. The Labute approximate surface area is 102 Å². The van der Waals surface area contributed by atoms with E-state index in [4.69, 9.17) is 11.6 Å². The summed E-state index contributed by atoms with van der Waals surface area (Å²) in [7, 11) is 0. The third-order valence-corrected chi connectivity index (χ3v) is 4.69. The summed E-state index contributed by atoms with van der Waals surface area (Å²) in [5, 5.41) is 4.43. The van der Waals surface area contributed by atoms with Crippen LogP contribution in [0.5, 0.6) is 0 Å². The molecule has 2 heteroatoms. The van der Waals surface area contributed by atoms with Gasteiger partial charge in [0.15, 0.2) is 0 Å². The lowest BCUT2D eigenvalue weighted by Crippen LogP contribution is -2.25. The van der Waals surface area contributed by atoms with Gasteiger partial charge in [0.1, 0.15) is 0 Å². The van der Waals surface area contributed by atoms with Crippen LogP contribution in [0.1, 0.15) is 37.2 Å². The lowest BCUT2D eigenvalue weighted by atomic mass is 9.73. The first-order chi connectivity index (χ1) is 7.80. The third kappa shape index (κ3) is 1.66. The van der Waals surface area contributed by atoms with Crippen molar-refractivity contribution in [1.29, 1.82) is 0 Å². The van der Waals surface area contributed by atoms with Gasteiger partial charge in [-0.2, -0.15) is 0 Å². The molecule has 1 heterocycles. The first-order valence-electron chi connectivity index (χ1n) is 6.26. The van der Waals surface area contributed by atoms with Gasteiger partial charge >= 0.3 is 0 Å². The summed E-state index contributed by atoms with van der Waals surface area (Å²) in [6.07, 6.45) is 5.61. The molecule has 1 saturated carbocycles. The van der Waals surface area contributed by atoms with Crippen molar-refractivity contribution < 1.29 is 0 Å². The van der Waals surface area contributed by atoms with Crippen molar-refractivity contribution in [3.63, 3.8) is 0 Å². The molecular formula is C14H18ClN. The number of rotatable bonds is 1. The van der Waals surface area contributed by atoms with E-state index < -0.39 is 0 Å². The topological polar surface area (TPSA) is 12.0 Å². The maximum Gasteiger partial charge on any atom is 0.0406 e. The number of halogens is 1. The molecule has 1 saturated heterocycles. The molecule has 1 spiro atoms. The smallest absolute Gasteiger partial charge is 0.0406 e. The predicted molar refractivity (Wildman–Crippen MR) is 68.0 cm³/mol. The van der Waals surface area contributed by atoms with Gasteiger partial charge in [0.05, 0.1) is 0 Å². The summed E-state index contributed by atoms with van der Waals surface area (Å²) in [5.74, 6) is 0.701. The van der Waals surface area contributed by atoms with Crippen LogP contribution in [0.15, 0.2) is 24.3 Å². The molecule has 1 N–H and O–H groups in total. The number of nitrogens with one attached hydrogen (secondary N) is 1. The van der Waals surface area contributed by atoms with Crippen molar-refractivity contribution >= 4 is 11.6 Å². The van der Waals surface area contributed by atoms with Crippen LogP contribution in [0.4, 0.5) is 0 Å². The van der Waals surface area contributed by atoms with E-state index in [-0.39, 0.29) is 0 Å². The van der Waals surface area contributed by atoms with Crippen LogP contribution in [0.25, 0.3) is 0 Å². The summed E-state index contributed by atoms with van der Waals surface area (Å²) in [4.78, 5) is 0. The SMILES string of the molecule is Clc1ccc([C@@H]2CNCC23CCCC3)cc1. The van der Waals surface area contributed by atoms with E-state index in [1.54, 1.807) is 0 Å². The van der Waals surface area contributed by atoms with Gasteiger partial charge in [0.25, 0.3) is 0 Å². The Hall–Kier alpha value is -0.530. The summed E-state index contributed by atoms with van der Waals surface area (Å²) in [6, 6.07) is 8.47. The fourth-order valence-corrected chi connectivity index (χ4v) is 3.70. The summed E-state index contributed by atoms with van der Waals surface area (Å²) in [6.45, 7) is 2.35. The molecule has 2 aliphatic rings. The molecule has 0 amide bonds. The molecule has 1 aliphatic carbocycles. The summed E-state index contributed by atoms with van der Waals surface area (Å²) in [5.41, 5.74) is 2.02. The van der Waals surface area contributed by atoms with Gasteiger partial charge in [-0.25, -0.2) is 0 Å². The van der Waals surface area contributed by atoms with Gasteiger partial charge in [0, 0.05) is 24.0 Å². The van der Waals surface area contributed by atoms with Gasteiger partial charge < -0.3 is 5.32 Å². The first kappa shape index (κ1) is 10.6. The lowest BCUT2D eigenvalue weighted by Gasteiger charge is -2.30. The highest BCUT2D eigenvalue weighted by Crippen LogP contribution is 2.50. The molecule has 0 bridgehead atoms. The summed E-state index contributed by atoms with van der Waals surface area (Å²) >= 11 is 5.95. The zero-order valence-electron chi connectivity index (χ0n) is 9.51. The molecule has 1 aromatic carbocycles. The van der Waals surface area contributed by atoms with Crippen molar-refractivity contribution in [3.05, 3.63) is 34.9 Å². The third-order valence-electron chi connectivity index (χ3n) is 4.44. The minimum atomic E-state index is 0.549. The van der Waals surface area contributed by atoms with E-state index in [2.05, 4.69) is 17.4 Å². The second-order valence-electron chi connectivity index (χ2n) is 5.30. The predicted octanol–water partition coefficient (Wildman–Crippen LogP) is 3.59. The van der Waals surface area contributed by atoms with Crippen LogP contribution in [-0.4, -0.2) is 13.1 Å². The van der Waals surface area contributed by atoms with Gasteiger partial charge in [-0.1, -0.05) is 36.6 Å². The molecule has 1 nitrogen and oxygen atoms in total. The van der Waals surface area contributed by atoms with Crippen molar-refractivity contribution in [2.45, 2.75) is 31.6 Å². The largest absolute Gasteiger partial charge is 0.316 e. The Kier molecular flexibility index (Phi) is 2.68. The van der Waals surface area contributed by atoms with Gasteiger partial charge in [-0.15, -0.1) is 0 Å². The quantitative estimate of drug-likeness (QED) is 0.785. The fraction of sp³-hybridized carbons (Fsp3) is 0.571. The van der Waals surface area contributed by atoms with Crippen LogP contribution in [0.2, 0.25) is 5.02 Å². The van der Waals surface area contributed by atoms with Crippen LogP contribution in [0.3, 0.4) is 0 Å². The number of hydrogen-bond donors (Lipinski definition) is 1. The molecule has 86 valence electrons. The van der Waals surface area contributed by atoms with Crippen molar-refractivity contribution in [2.24, 2.45) is 5.41 Å². The Morgan fingerprint density at radius 2 is 1.81 bits per heavy atom. The highest BCUT2D eigenvalue weighted by atomic mass is 35.5. The zero-order chi connectivity index (χ0) is 11.0. The normalized spacial score (nSPS) is 27.7. The van der Waals surface area contributed by atoms with Crippen LogP contribution in [-0.2, 0) is 0 Å². The molecular weight excluding hydrogens is 218 g/mol. The van der Waals surface area contributed by atoms with Crippen molar-refractivity contribution in [3.8, 4) is 0 Å². The standard InChI is InChI=1S/C14H18ClN/c15-12-5-3-11(4-6-12)13-9-16-10-14(13)7-1-2-8-14/h3-6,13,16H,1-2,7-10H2/t13-/m0/s1. The minimum absolute atomic E-state index is 0.549. The first-order valence-corrected chi connectivity index (χ1v) is 6.64. The molecule has 1 aliphatic heterocycles. The molecule has 3 rings (SSSR count). The van der Waals surface area contributed by atoms with Gasteiger partial charge in [-0.05, 0) is 36.0 Å². The van der Waals surface area contributed by atoms with E-state index in [1.807, 2.05) is 12.1 Å². The Morgan fingerprint density at radius 3 is 2.50 bits per heavy atom. The highest BCUT2D eigenvalue weighted by Gasteiger charge is 2.44. The molecule has 0 aromatic heterocycles. The van der Waals surface area contributed by atoms with Gasteiger partial charge in [0.2, 0.25) is 0 Å². The van der Waals surface area contributed by atoms with E-state index in [0.717, 1.165) is 11.6 Å².